The summed E-state index contributed by atoms with van der Waals surface area (Å²) in [5.74, 6) is 0.969. The van der Waals surface area contributed by atoms with Gasteiger partial charge < -0.3 is 23.7 Å². The van der Waals surface area contributed by atoms with Gasteiger partial charge in [-0.3, -0.25) is 0 Å². The highest BCUT2D eigenvalue weighted by Gasteiger charge is 2.53. The van der Waals surface area contributed by atoms with Gasteiger partial charge in [0.25, 0.3) is 0 Å². The highest BCUT2D eigenvalue weighted by molar-refractivity contribution is 6.30. The Labute approximate surface area is 212 Å². The summed E-state index contributed by atoms with van der Waals surface area (Å²) in [5, 5.41) is 20.1. The van der Waals surface area contributed by atoms with E-state index in [1.165, 1.54) is 12.1 Å². The Balaban J connectivity index is 1.59. The molecule has 11 heteroatoms. The minimum atomic E-state index is -1.38. The normalized spacial score (nSPS) is 17.6. The third kappa shape index (κ3) is 4.00. The molecule has 0 spiro atoms. The Morgan fingerprint density at radius 1 is 1.19 bits per heavy atom. The van der Waals surface area contributed by atoms with Crippen molar-refractivity contribution in [2.24, 2.45) is 0 Å². The van der Waals surface area contributed by atoms with Crippen molar-refractivity contribution in [3.8, 4) is 28.8 Å². The molecular weight excluding hydrogens is 487 g/mol. The minimum absolute atomic E-state index is 0.0110. The molecule has 4 heterocycles. The summed E-state index contributed by atoms with van der Waals surface area (Å²) in [7, 11) is 1.55. The Morgan fingerprint density at radius 3 is 2.67 bits per heavy atom. The number of aryl methyl sites for hydroxylation is 1. The lowest BCUT2D eigenvalue weighted by Crippen LogP contribution is -2.55. The SMILES string of the molecule is COc1nc(-c2nnc3n2CCCC3(Oc2ccc(Cl)c(F)c2)C(C)(C)O)ccc1-n1cnc(C)c1. The summed E-state index contributed by atoms with van der Waals surface area (Å²) >= 11 is 5.85. The molecule has 0 amide bonds. The van der Waals surface area contributed by atoms with Crippen LogP contribution in [0.25, 0.3) is 17.2 Å². The lowest BCUT2D eigenvalue weighted by Gasteiger charge is -2.44. The van der Waals surface area contributed by atoms with Gasteiger partial charge in [-0.15, -0.1) is 10.2 Å². The van der Waals surface area contributed by atoms with Crippen LogP contribution in [0.4, 0.5) is 4.39 Å². The van der Waals surface area contributed by atoms with Gasteiger partial charge in [0.15, 0.2) is 17.2 Å². The molecule has 1 N–H and O–H groups in total. The van der Waals surface area contributed by atoms with Crippen LogP contribution >= 0.6 is 11.6 Å². The molecule has 0 saturated carbocycles. The molecule has 0 saturated heterocycles. The number of nitrogens with zero attached hydrogens (tertiary/aromatic N) is 6. The molecule has 1 aliphatic rings. The van der Waals surface area contributed by atoms with Crippen LogP contribution in [0.2, 0.25) is 5.02 Å². The van der Waals surface area contributed by atoms with Crippen LogP contribution in [0, 0.1) is 12.7 Å². The first-order valence-corrected chi connectivity index (χ1v) is 11.9. The maximum atomic E-state index is 14.2. The van der Waals surface area contributed by atoms with E-state index < -0.39 is 17.0 Å². The number of hydrogen-bond donors (Lipinski definition) is 1. The van der Waals surface area contributed by atoms with E-state index in [-0.39, 0.29) is 10.8 Å². The van der Waals surface area contributed by atoms with Crippen molar-refractivity contribution in [3.05, 3.63) is 65.2 Å². The summed E-state index contributed by atoms with van der Waals surface area (Å²) in [5.41, 5.74) is -0.500. The zero-order valence-corrected chi connectivity index (χ0v) is 21.1. The average molecular weight is 513 g/mol. The van der Waals surface area contributed by atoms with E-state index in [0.717, 1.165) is 11.4 Å². The number of ether oxygens (including phenoxy) is 2. The van der Waals surface area contributed by atoms with E-state index in [9.17, 15) is 9.50 Å². The van der Waals surface area contributed by atoms with E-state index in [1.54, 1.807) is 33.4 Å². The molecule has 0 aliphatic carbocycles. The van der Waals surface area contributed by atoms with Crippen LogP contribution in [0.1, 0.15) is 38.2 Å². The summed E-state index contributed by atoms with van der Waals surface area (Å²) in [6, 6.07) is 7.90. The predicted octanol–water partition coefficient (Wildman–Crippen LogP) is 4.47. The van der Waals surface area contributed by atoms with Crippen molar-refractivity contribution in [2.75, 3.05) is 7.11 Å². The lowest BCUT2D eigenvalue weighted by atomic mass is 9.79. The number of benzene rings is 1. The van der Waals surface area contributed by atoms with Crippen molar-refractivity contribution in [1.82, 2.24) is 29.3 Å². The van der Waals surface area contributed by atoms with Gasteiger partial charge in [-0.05, 0) is 57.9 Å². The fourth-order valence-corrected chi connectivity index (χ4v) is 4.72. The summed E-state index contributed by atoms with van der Waals surface area (Å²) < 4.78 is 29.8. The second kappa shape index (κ2) is 8.86. The van der Waals surface area contributed by atoms with Crippen LogP contribution in [0.5, 0.6) is 11.6 Å². The van der Waals surface area contributed by atoms with E-state index in [0.29, 0.717) is 42.6 Å². The van der Waals surface area contributed by atoms with Crippen LogP contribution < -0.4 is 9.47 Å². The van der Waals surface area contributed by atoms with Crippen molar-refractivity contribution >= 4 is 11.6 Å². The maximum Gasteiger partial charge on any atom is 0.238 e. The molecular formula is C25H26ClFN6O3. The molecule has 5 rings (SSSR count). The molecule has 1 atom stereocenters. The molecule has 0 radical (unpaired) electrons. The van der Waals surface area contributed by atoms with Gasteiger partial charge in [0, 0.05) is 18.8 Å². The molecule has 188 valence electrons. The largest absolute Gasteiger partial charge is 0.479 e. The molecule has 4 aromatic rings. The Kier molecular flexibility index (Phi) is 5.96. The summed E-state index contributed by atoms with van der Waals surface area (Å²) in [6.07, 6.45) is 4.70. The molecule has 3 aromatic heterocycles. The maximum absolute atomic E-state index is 14.2. The highest BCUT2D eigenvalue weighted by atomic mass is 35.5. The third-order valence-electron chi connectivity index (χ3n) is 6.45. The number of fused-ring (bicyclic) bond motifs is 1. The van der Waals surface area contributed by atoms with Gasteiger partial charge in [-0.2, -0.15) is 0 Å². The average Bonchev–Trinajstić information content (AvgIpc) is 3.47. The summed E-state index contributed by atoms with van der Waals surface area (Å²) in [4.78, 5) is 8.95. The van der Waals surface area contributed by atoms with Gasteiger partial charge in [-0.25, -0.2) is 14.4 Å². The van der Waals surface area contributed by atoms with Crippen LogP contribution in [0.15, 0.2) is 42.9 Å². The fraction of sp³-hybridized carbons (Fsp3) is 0.360. The standard InChI is InChI=1S/C25H26ClFN6O3/c1-15-13-32(14-28-15)20-9-8-19(29-22(20)35-4)21-30-31-23-25(24(2,3)34,10-5-11-33(21)23)36-16-6-7-17(26)18(27)12-16/h6-9,12-14,34H,5,10-11H2,1-4H3. The van der Waals surface area contributed by atoms with Gasteiger partial charge >= 0.3 is 0 Å². The van der Waals surface area contributed by atoms with E-state index >= 15 is 0 Å². The first-order chi connectivity index (χ1) is 17.1. The number of aromatic nitrogens is 6. The van der Waals surface area contributed by atoms with Gasteiger partial charge in [0.2, 0.25) is 5.88 Å². The molecule has 1 unspecified atom stereocenters. The molecule has 1 aliphatic heterocycles. The van der Waals surface area contributed by atoms with Crippen LogP contribution in [-0.4, -0.2) is 47.1 Å². The Bertz CT molecular complexity index is 1430. The van der Waals surface area contributed by atoms with E-state index in [2.05, 4.69) is 20.2 Å². The zero-order valence-electron chi connectivity index (χ0n) is 20.4. The number of rotatable bonds is 6. The molecule has 36 heavy (non-hydrogen) atoms. The number of imidazole rings is 1. The Hall–Kier alpha value is -3.50. The van der Waals surface area contributed by atoms with E-state index in [1.807, 2.05) is 34.4 Å². The topological polar surface area (TPSA) is 100 Å². The van der Waals surface area contributed by atoms with Crippen molar-refractivity contribution in [1.29, 1.82) is 0 Å². The number of hydrogen-bond acceptors (Lipinski definition) is 7. The van der Waals surface area contributed by atoms with Crippen LogP contribution in [-0.2, 0) is 12.1 Å². The lowest BCUT2D eigenvalue weighted by molar-refractivity contribution is -0.137. The van der Waals surface area contributed by atoms with Crippen molar-refractivity contribution in [2.45, 2.75) is 51.4 Å². The Morgan fingerprint density at radius 2 is 2.00 bits per heavy atom. The van der Waals surface area contributed by atoms with Crippen molar-refractivity contribution < 1.29 is 19.0 Å². The number of methoxy groups -OCH3 is 1. The van der Waals surface area contributed by atoms with Gasteiger partial charge in [-0.1, -0.05) is 11.6 Å². The zero-order chi connectivity index (χ0) is 25.7. The number of pyridine rings is 1. The summed E-state index contributed by atoms with van der Waals surface area (Å²) in [6.45, 7) is 5.79. The number of aliphatic hydroxyl groups is 1. The van der Waals surface area contributed by atoms with Gasteiger partial charge in [0.1, 0.15) is 28.5 Å². The molecule has 9 nitrogen and oxygen atoms in total. The fourth-order valence-electron chi connectivity index (χ4n) is 4.60. The second-order valence-corrected chi connectivity index (χ2v) is 9.72. The third-order valence-corrected chi connectivity index (χ3v) is 6.75. The first kappa shape index (κ1) is 24.2. The van der Waals surface area contributed by atoms with E-state index in [4.69, 9.17) is 21.1 Å². The number of halogens is 2. The van der Waals surface area contributed by atoms with Crippen molar-refractivity contribution in [3.63, 3.8) is 0 Å². The quantitative estimate of drug-likeness (QED) is 0.406. The highest BCUT2D eigenvalue weighted by Crippen LogP contribution is 2.45. The molecule has 0 bridgehead atoms. The van der Waals surface area contributed by atoms with Gasteiger partial charge in [0.05, 0.1) is 24.2 Å². The molecule has 1 aromatic carbocycles. The second-order valence-electron chi connectivity index (χ2n) is 9.31. The first-order valence-electron chi connectivity index (χ1n) is 11.5. The smallest absolute Gasteiger partial charge is 0.238 e. The minimum Gasteiger partial charge on any atom is -0.479 e. The predicted molar refractivity (Wildman–Crippen MR) is 131 cm³/mol. The van der Waals surface area contributed by atoms with Crippen LogP contribution in [0.3, 0.4) is 0 Å². The monoisotopic (exact) mass is 512 g/mol. The molecule has 0 fully saturated rings.